The van der Waals surface area contributed by atoms with Gasteiger partial charge < -0.3 is 9.47 Å². The van der Waals surface area contributed by atoms with Crippen LogP contribution in [0.4, 0.5) is 0 Å². The van der Waals surface area contributed by atoms with Crippen LogP contribution in [0.15, 0.2) is 10.8 Å². The number of ether oxygens (including phenoxy) is 2. The van der Waals surface area contributed by atoms with Gasteiger partial charge >= 0.3 is 0 Å². The van der Waals surface area contributed by atoms with Crippen molar-refractivity contribution in [2.24, 2.45) is 0 Å². The van der Waals surface area contributed by atoms with Gasteiger partial charge in [-0.05, 0) is 29.8 Å². The molecule has 0 spiro atoms. The van der Waals surface area contributed by atoms with Gasteiger partial charge in [0.05, 0.1) is 12.7 Å². The third kappa shape index (κ3) is 4.32. The molecular weight excluding hydrogens is 283 g/mol. The lowest BCUT2D eigenvalue weighted by Crippen LogP contribution is -2.12. The summed E-state index contributed by atoms with van der Waals surface area (Å²) in [4.78, 5) is 7.73. The van der Waals surface area contributed by atoms with E-state index in [4.69, 9.17) is 21.1 Å². The first-order chi connectivity index (χ1) is 7.11. The van der Waals surface area contributed by atoms with Crippen LogP contribution in [0.2, 0.25) is 5.15 Å². The molecule has 0 aliphatic heterocycles. The number of halogens is 2. The Labute approximate surface area is 102 Å². The predicted molar refractivity (Wildman–Crippen MR) is 61.3 cm³/mol. The monoisotopic (exact) mass is 294 g/mol. The standard InChI is InChI=1S/C9H12BrClN2O2/c1-6(2)14-3-4-15-9-7(10)8(11)12-5-13-9/h5-6H,3-4H2,1-2H3. The highest BCUT2D eigenvalue weighted by Gasteiger charge is 2.07. The summed E-state index contributed by atoms with van der Waals surface area (Å²) in [6.45, 7) is 4.89. The third-order valence-corrected chi connectivity index (χ3v) is 2.72. The van der Waals surface area contributed by atoms with E-state index in [0.717, 1.165) is 0 Å². The summed E-state index contributed by atoms with van der Waals surface area (Å²) in [6.07, 6.45) is 1.55. The van der Waals surface area contributed by atoms with Gasteiger partial charge in [-0.25, -0.2) is 9.97 Å². The van der Waals surface area contributed by atoms with E-state index in [0.29, 0.717) is 28.7 Å². The quantitative estimate of drug-likeness (QED) is 0.619. The predicted octanol–water partition coefficient (Wildman–Crippen LogP) is 2.70. The lowest BCUT2D eigenvalue weighted by molar-refractivity contribution is 0.0540. The summed E-state index contributed by atoms with van der Waals surface area (Å²) in [5.41, 5.74) is 0. The number of nitrogens with zero attached hydrogens (tertiary/aromatic N) is 2. The molecule has 1 heterocycles. The van der Waals surface area contributed by atoms with Crippen LogP contribution < -0.4 is 4.74 Å². The highest BCUT2D eigenvalue weighted by molar-refractivity contribution is 9.10. The zero-order chi connectivity index (χ0) is 11.3. The van der Waals surface area contributed by atoms with Crippen molar-refractivity contribution in [1.29, 1.82) is 0 Å². The van der Waals surface area contributed by atoms with Crippen molar-refractivity contribution in [1.82, 2.24) is 9.97 Å². The number of hydrogen-bond acceptors (Lipinski definition) is 4. The van der Waals surface area contributed by atoms with Crippen LogP contribution in [-0.2, 0) is 4.74 Å². The lowest BCUT2D eigenvalue weighted by Gasteiger charge is -2.09. The van der Waals surface area contributed by atoms with Crippen LogP contribution in [0, 0.1) is 0 Å². The molecule has 0 saturated carbocycles. The zero-order valence-electron chi connectivity index (χ0n) is 8.54. The molecule has 0 amide bonds. The first kappa shape index (κ1) is 12.7. The molecule has 1 rings (SSSR count). The number of hydrogen-bond donors (Lipinski definition) is 0. The summed E-state index contributed by atoms with van der Waals surface area (Å²) in [7, 11) is 0. The normalized spacial score (nSPS) is 10.7. The summed E-state index contributed by atoms with van der Waals surface area (Å²) < 4.78 is 11.2. The van der Waals surface area contributed by atoms with Crippen molar-refractivity contribution in [3.63, 3.8) is 0 Å². The molecule has 15 heavy (non-hydrogen) atoms. The van der Waals surface area contributed by atoms with Crippen molar-refractivity contribution in [2.75, 3.05) is 13.2 Å². The van der Waals surface area contributed by atoms with Gasteiger partial charge in [0.2, 0.25) is 5.88 Å². The van der Waals surface area contributed by atoms with Crippen LogP contribution in [-0.4, -0.2) is 29.3 Å². The van der Waals surface area contributed by atoms with Crippen molar-refractivity contribution >= 4 is 27.5 Å². The molecule has 84 valence electrons. The van der Waals surface area contributed by atoms with E-state index in [-0.39, 0.29) is 6.10 Å². The zero-order valence-corrected chi connectivity index (χ0v) is 10.9. The Hall–Kier alpha value is -0.390. The maximum absolute atomic E-state index is 5.77. The molecule has 0 bridgehead atoms. The summed E-state index contributed by atoms with van der Waals surface area (Å²) >= 11 is 9.01. The van der Waals surface area contributed by atoms with Crippen molar-refractivity contribution in [3.05, 3.63) is 16.0 Å². The van der Waals surface area contributed by atoms with E-state index in [1.807, 2.05) is 13.8 Å². The molecule has 6 heteroatoms. The Morgan fingerprint density at radius 3 is 2.80 bits per heavy atom. The summed E-state index contributed by atoms with van der Waals surface area (Å²) in [5.74, 6) is 0.433. The molecule has 0 unspecified atom stereocenters. The molecule has 1 aromatic rings. The first-order valence-electron chi connectivity index (χ1n) is 4.51. The molecule has 0 radical (unpaired) electrons. The van der Waals surface area contributed by atoms with E-state index >= 15 is 0 Å². The lowest BCUT2D eigenvalue weighted by atomic mass is 10.5. The first-order valence-corrected chi connectivity index (χ1v) is 5.68. The Morgan fingerprint density at radius 2 is 2.13 bits per heavy atom. The Kier molecular flexibility index (Phi) is 5.28. The Morgan fingerprint density at radius 1 is 1.40 bits per heavy atom. The summed E-state index contributed by atoms with van der Waals surface area (Å²) in [6, 6.07) is 0. The van der Waals surface area contributed by atoms with E-state index in [1.165, 1.54) is 6.33 Å². The van der Waals surface area contributed by atoms with Crippen LogP contribution in [0.25, 0.3) is 0 Å². The molecule has 4 nitrogen and oxygen atoms in total. The van der Waals surface area contributed by atoms with Gasteiger partial charge in [0.1, 0.15) is 17.4 Å². The minimum absolute atomic E-state index is 0.200. The SMILES string of the molecule is CC(C)OCCOc1ncnc(Cl)c1Br. The van der Waals surface area contributed by atoms with E-state index in [9.17, 15) is 0 Å². The van der Waals surface area contributed by atoms with Gasteiger partial charge in [-0.1, -0.05) is 11.6 Å². The Balaban J connectivity index is 2.41. The van der Waals surface area contributed by atoms with Crippen LogP contribution in [0.1, 0.15) is 13.8 Å². The van der Waals surface area contributed by atoms with E-state index < -0.39 is 0 Å². The second kappa shape index (κ2) is 6.25. The smallest absolute Gasteiger partial charge is 0.232 e. The fourth-order valence-corrected chi connectivity index (χ4v) is 1.30. The second-order valence-electron chi connectivity index (χ2n) is 3.05. The highest BCUT2D eigenvalue weighted by Crippen LogP contribution is 2.27. The maximum Gasteiger partial charge on any atom is 0.232 e. The maximum atomic E-state index is 5.77. The minimum atomic E-state index is 0.200. The highest BCUT2D eigenvalue weighted by atomic mass is 79.9. The van der Waals surface area contributed by atoms with Gasteiger partial charge in [0, 0.05) is 0 Å². The largest absolute Gasteiger partial charge is 0.474 e. The fraction of sp³-hybridized carbons (Fsp3) is 0.556. The Bertz CT molecular complexity index is 323. The number of aromatic nitrogens is 2. The molecule has 0 aliphatic carbocycles. The van der Waals surface area contributed by atoms with Gasteiger partial charge in [0.15, 0.2) is 5.15 Å². The molecule has 0 N–H and O–H groups in total. The fourth-order valence-electron chi connectivity index (χ4n) is 0.856. The summed E-state index contributed by atoms with van der Waals surface area (Å²) in [5, 5.41) is 0.338. The number of rotatable bonds is 5. The van der Waals surface area contributed by atoms with Crippen LogP contribution in [0.5, 0.6) is 5.88 Å². The van der Waals surface area contributed by atoms with Crippen LogP contribution >= 0.6 is 27.5 Å². The molecular formula is C9H12BrClN2O2. The second-order valence-corrected chi connectivity index (χ2v) is 4.20. The van der Waals surface area contributed by atoms with Crippen LogP contribution in [0.3, 0.4) is 0 Å². The minimum Gasteiger partial charge on any atom is -0.474 e. The van der Waals surface area contributed by atoms with Gasteiger partial charge in [-0.15, -0.1) is 0 Å². The van der Waals surface area contributed by atoms with Crippen molar-refractivity contribution < 1.29 is 9.47 Å². The average molecular weight is 296 g/mol. The molecule has 1 aromatic heterocycles. The van der Waals surface area contributed by atoms with Gasteiger partial charge in [-0.2, -0.15) is 0 Å². The molecule has 0 saturated heterocycles. The van der Waals surface area contributed by atoms with E-state index in [2.05, 4.69) is 25.9 Å². The average Bonchev–Trinajstić information content (AvgIpc) is 2.18. The third-order valence-electron chi connectivity index (χ3n) is 1.49. The topological polar surface area (TPSA) is 44.2 Å². The van der Waals surface area contributed by atoms with Crippen molar-refractivity contribution in [3.8, 4) is 5.88 Å². The molecule has 0 aliphatic rings. The molecule has 0 fully saturated rings. The molecule has 0 atom stereocenters. The van der Waals surface area contributed by atoms with Crippen molar-refractivity contribution in [2.45, 2.75) is 20.0 Å². The van der Waals surface area contributed by atoms with E-state index in [1.54, 1.807) is 0 Å². The van der Waals surface area contributed by atoms with Gasteiger partial charge in [0.25, 0.3) is 0 Å². The van der Waals surface area contributed by atoms with Gasteiger partial charge in [-0.3, -0.25) is 0 Å². The molecule has 0 aromatic carbocycles.